The quantitative estimate of drug-likeness (QED) is 0.771. The van der Waals surface area contributed by atoms with Crippen molar-refractivity contribution >= 4 is 17.5 Å². The molecular formula is C13H14N4O2. The molecule has 0 aliphatic heterocycles. The van der Waals surface area contributed by atoms with E-state index < -0.39 is 5.97 Å². The Morgan fingerprint density at radius 2 is 2.26 bits per heavy atom. The van der Waals surface area contributed by atoms with Crippen LogP contribution in [-0.4, -0.2) is 21.0 Å². The number of aryl methyl sites for hydroxylation is 1. The number of nitrogen functional groups attached to an aromatic ring is 1. The van der Waals surface area contributed by atoms with Crippen molar-refractivity contribution in [2.45, 2.75) is 13.5 Å². The Hall–Kier alpha value is -2.63. The highest BCUT2D eigenvalue weighted by Crippen LogP contribution is 2.16. The molecule has 2 rings (SSSR count). The average Bonchev–Trinajstić information content (AvgIpc) is 2.37. The van der Waals surface area contributed by atoms with Crippen molar-refractivity contribution in [3.63, 3.8) is 0 Å². The number of pyridine rings is 2. The summed E-state index contributed by atoms with van der Waals surface area (Å²) < 4.78 is 0. The zero-order valence-corrected chi connectivity index (χ0v) is 10.4. The number of hydrogen-bond donors (Lipinski definition) is 3. The molecule has 4 N–H and O–H groups in total. The van der Waals surface area contributed by atoms with Gasteiger partial charge in [-0.15, -0.1) is 0 Å². The number of anilines is 2. The van der Waals surface area contributed by atoms with Gasteiger partial charge in [0.25, 0.3) is 0 Å². The molecule has 0 radical (unpaired) electrons. The first kappa shape index (κ1) is 12.8. The summed E-state index contributed by atoms with van der Waals surface area (Å²) in [5, 5.41) is 12.0. The summed E-state index contributed by atoms with van der Waals surface area (Å²) in [5.41, 5.74) is 7.61. The third-order valence-electron chi connectivity index (χ3n) is 2.52. The Bertz CT molecular complexity index is 613. The number of rotatable bonds is 4. The third kappa shape index (κ3) is 3.19. The van der Waals surface area contributed by atoms with Gasteiger partial charge in [0.1, 0.15) is 11.4 Å². The summed E-state index contributed by atoms with van der Waals surface area (Å²) in [5.74, 6) is -0.787. The third-order valence-corrected chi connectivity index (χ3v) is 2.52. The molecular weight excluding hydrogens is 244 g/mol. The van der Waals surface area contributed by atoms with E-state index >= 15 is 0 Å². The van der Waals surface area contributed by atoms with E-state index in [-0.39, 0.29) is 11.4 Å². The fourth-order valence-corrected chi connectivity index (χ4v) is 1.66. The van der Waals surface area contributed by atoms with Gasteiger partial charge in [-0.3, -0.25) is 4.98 Å². The lowest BCUT2D eigenvalue weighted by molar-refractivity contribution is 0.0697. The molecule has 0 aliphatic carbocycles. The maximum Gasteiger partial charge on any atom is 0.339 e. The smallest absolute Gasteiger partial charge is 0.339 e. The number of carbonyl (C=O) groups is 1. The van der Waals surface area contributed by atoms with E-state index in [0.29, 0.717) is 12.2 Å². The summed E-state index contributed by atoms with van der Waals surface area (Å²) in [6, 6.07) is 7.03. The van der Waals surface area contributed by atoms with Gasteiger partial charge in [0.15, 0.2) is 0 Å². The molecule has 0 saturated carbocycles. The summed E-state index contributed by atoms with van der Waals surface area (Å²) in [6.45, 7) is 2.30. The Kier molecular flexibility index (Phi) is 3.61. The second-order valence-corrected chi connectivity index (χ2v) is 4.09. The van der Waals surface area contributed by atoms with Crippen LogP contribution in [0.5, 0.6) is 0 Å². The number of carboxylic acids is 1. The molecule has 0 aliphatic rings. The van der Waals surface area contributed by atoms with Crippen molar-refractivity contribution in [2.24, 2.45) is 0 Å². The van der Waals surface area contributed by atoms with Gasteiger partial charge in [-0.2, -0.15) is 0 Å². The van der Waals surface area contributed by atoms with Gasteiger partial charge in [-0.25, -0.2) is 9.78 Å². The predicted molar refractivity (Wildman–Crippen MR) is 71.9 cm³/mol. The van der Waals surface area contributed by atoms with E-state index in [1.165, 1.54) is 12.3 Å². The Balaban J connectivity index is 2.17. The first-order valence-corrected chi connectivity index (χ1v) is 5.71. The van der Waals surface area contributed by atoms with Crippen LogP contribution < -0.4 is 11.1 Å². The second-order valence-electron chi connectivity index (χ2n) is 4.09. The first-order chi connectivity index (χ1) is 9.06. The number of nitrogens with two attached hydrogens (primary N) is 1. The first-order valence-electron chi connectivity index (χ1n) is 5.71. The van der Waals surface area contributed by atoms with Crippen molar-refractivity contribution in [1.82, 2.24) is 9.97 Å². The lowest BCUT2D eigenvalue weighted by atomic mass is 10.2. The molecule has 19 heavy (non-hydrogen) atoms. The molecule has 0 bridgehead atoms. The number of carboxylic acid groups (broad SMARTS) is 1. The molecule has 0 unspecified atom stereocenters. The second kappa shape index (κ2) is 5.34. The van der Waals surface area contributed by atoms with Crippen molar-refractivity contribution in [3.8, 4) is 0 Å². The molecule has 0 spiro atoms. The van der Waals surface area contributed by atoms with Crippen LogP contribution in [0.15, 0.2) is 30.5 Å². The van der Waals surface area contributed by atoms with E-state index in [9.17, 15) is 4.79 Å². The molecule has 0 atom stereocenters. The van der Waals surface area contributed by atoms with Crippen molar-refractivity contribution < 1.29 is 9.90 Å². The van der Waals surface area contributed by atoms with Crippen LogP contribution in [0.1, 0.15) is 21.7 Å². The molecule has 0 fully saturated rings. The molecule has 2 aromatic rings. The number of nitrogens with zero attached hydrogens (tertiary/aromatic N) is 2. The van der Waals surface area contributed by atoms with Crippen LogP contribution in [0.25, 0.3) is 0 Å². The molecule has 6 heteroatoms. The van der Waals surface area contributed by atoms with Gasteiger partial charge >= 0.3 is 5.97 Å². The SMILES string of the molecule is Cc1cccc(CNc2ncc(N)cc2C(=O)O)n1. The van der Waals surface area contributed by atoms with E-state index in [0.717, 1.165) is 11.4 Å². The van der Waals surface area contributed by atoms with Crippen molar-refractivity contribution in [2.75, 3.05) is 11.1 Å². The molecule has 0 saturated heterocycles. The normalized spacial score (nSPS) is 10.2. The maximum atomic E-state index is 11.1. The molecule has 0 aromatic carbocycles. The van der Waals surface area contributed by atoms with Crippen molar-refractivity contribution in [3.05, 3.63) is 47.4 Å². The summed E-state index contributed by atoms with van der Waals surface area (Å²) in [6.07, 6.45) is 1.42. The maximum absolute atomic E-state index is 11.1. The van der Waals surface area contributed by atoms with E-state index in [1.807, 2.05) is 25.1 Å². The standard InChI is InChI=1S/C13H14N4O2/c1-8-3-2-4-10(17-8)7-16-12-11(13(18)19)5-9(14)6-15-12/h2-6H,7,14H2,1H3,(H,15,16)(H,18,19). The van der Waals surface area contributed by atoms with Gasteiger partial charge in [-0.1, -0.05) is 6.07 Å². The van der Waals surface area contributed by atoms with E-state index in [1.54, 1.807) is 0 Å². The van der Waals surface area contributed by atoms with Gasteiger partial charge in [-0.05, 0) is 25.1 Å². The minimum atomic E-state index is -1.07. The Morgan fingerprint density at radius 1 is 1.47 bits per heavy atom. The van der Waals surface area contributed by atoms with Crippen LogP contribution in [-0.2, 0) is 6.54 Å². The average molecular weight is 258 g/mol. The molecule has 2 heterocycles. The molecule has 6 nitrogen and oxygen atoms in total. The monoisotopic (exact) mass is 258 g/mol. The number of aromatic carboxylic acids is 1. The lowest BCUT2D eigenvalue weighted by Gasteiger charge is -2.09. The largest absolute Gasteiger partial charge is 0.478 e. The van der Waals surface area contributed by atoms with Crippen LogP contribution in [0.2, 0.25) is 0 Å². The molecule has 2 aromatic heterocycles. The number of aromatic nitrogens is 2. The topological polar surface area (TPSA) is 101 Å². The Morgan fingerprint density at radius 3 is 2.95 bits per heavy atom. The highest BCUT2D eigenvalue weighted by atomic mass is 16.4. The Labute approximate surface area is 110 Å². The van der Waals surface area contributed by atoms with Crippen LogP contribution in [0, 0.1) is 6.92 Å². The highest BCUT2D eigenvalue weighted by molar-refractivity contribution is 5.94. The number of hydrogen-bond acceptors (Lipinski definition) is 5. The van der Waals surface area contributed by atoms with Crippen LogP contribution in [0.3, 0.4) is 0 Å². The summed E-state index contributed by atoms with van der Waals surface area (Å²) in [4.78, 5) is 19.4. The lowest BCUT2D eigenvalue weighted by Crippen LogP contribution is -2.10. The van der Waals surface area contributed by atoms with Crippen LogP contribution >= 0.6 is 0 Å². The van der Waals surface area contributed by atoms with Crippen LogP contribution in [0.4, 0.5) is 11.5 Å². The highest BCUT2D eigenvalue weighted by Gasteiger charge is 2.11. The van der Waals surface area contributed by atoms with E-state index in [2.05, 4.69) is 15.3 Å². The van der Waals surface area contributed by atoms with Gasteiger partial charge in [0, 0.05) is 5.69 Å². The summed E-state index contributed by atoms with van der Waals surface area (Å²) >= 11 is 0. The van der Waals surface area contributed by atoms with Gasteiger partial charge < -0.3 is 16.2 Å². The molecule has 0 amide bonds. The van der Waals surface area contributed by atoms with Crippen molar-refractivity contribution in [1.29, 1.82) is 0 Å². The predicted octanol–water partition coefficient (Wildman–Crippen LogP) is 1.68. The fourth-order valence-electron chi connectivity index (χ4n) is 1.66. The zero-order chi connectivity index (χ0) is 13.8. The molecule has 98 valence electrons. The minimum absolute atomic E-state index is 0.0488. The van der Waals surface area contributed by atoms with Gasteiger partial charge in [0.2, 0.25) is 0 Å². The zero-order valence-electron chi connectivity index (χ0n) is 10.4. The van der Waals surface area contributed by atoms with Gasteiger partial charge in [0.05, 0.1) is 24.1 Å². The van der Waals surface area contributed by atoms with E-state index in [4.69, 9.17) is 10.8 Å². The number of nitrogens with one attached hydrogen (secondary N) is 1. The minimum Gasteiger partial charge on any atom is -0.478 e. The summed E-state index contributed by atoms with van der Waals surface area (Å²) in [7, 11) is 0. The fraction of sp³-hybridized carbons (Fsp3) is 0.154.